The highest BCUT2D eigenvalue weighted by Crippen LogP contribution is 2.28. The maximum absolute atomic E-state index is 11.5. The number of nitrogens with two attached hydrogens (primary N) is 1. The molecule has 4 nitrogen and oxygen atoms in total. The van der Waals surface area contributed by atoms with Crippen molar-refractivity contribution in [2.75, 3.05) is 0 Å². The molecule has 1 aromatic carbocycles. The summed E-state index contributed by atoms with van der Waals surface area (Å²) in [4.78, 5) is 24.2. The molecule has 0 unspecified atom stereocenters. The summed E-state index contributed by atoms with van der Waals surface area (Å²) in [6.07, 6.45) is 2.19. The van der Waals surface area contributed by atoms with E-state index < -0.39 is 5.91 Å². The van der Waals surface area contributed by atoms with Crippen molar-refractivity contribution in [1.29, 1.82) is 0 Å². The fraction of sp³-hybridized carbons (Fsp3) is 0.385. The SMILES string of the molecule is CC(=O)N(Cc1ccc(C(N)=O)cc1)C1CC1. The van der Waals surface area contributed by atoms with Crippen LogP contribution in [0.5, 0.6) is 0 Å². The van der Waals surface area contributed by atoms with Crippen LogP contribution in [-0.2, 0) is 11.3 Å². The van der Waals surface area contributed by atoms with Gasteiger partial charge in [-0.05, 0) is 30.5 Å². The van der Waals surface area contributed by atoms with Gasteiger partial charge in [0.05, 0.1) is 0 Å². The maximum Gasteiger partial charge on any atom is 0.248 e. The Labute approximate surface area is 100 Å². The van der Waals surface area contributed by atoms with Gasteiger partial charge >= 0.3 is 0 Å². The summed E-state index contributed by atoms with van der Waals surface area (Å²) >= 11 is 0. The van der Waals surface area contributed by atoms with Crippen LogP contribution < -0.4 is 5.73 Å². The van der Waals surface area contributed by atoms with Gasteiger partial charge in [-0.25, -0.2) is 0 Å². The average Bonchev–Trinajstić information content (AvgIpc) is 3.10. The lowest BCUT2D eigenvalue weighted by molar-refractivity contribution is -0.130. The Morgan fingerprint density at radius 1 is 1.29 bits per heavy atom. The molecule has 0 saturated heterocycles. The van der Waals surface area contributed by atoms with Crippen molar-refractivity contribution in [3.63, 3.8) is 0 Å². The van der Waals surface area contributed by atoms with Crippen molar-refractivity contribution in [3.8, 4) is 0 Å². The van der Waals surface area contributed by atoms with E-state index >= 15 is 0 Å². The summed E-state index contributed by atoms with van der Waals surface area (Å²) in [5, 5.41) is 0. The van der Waals surface area contributed by atoms with E-state index in [1.54, 1.807) is 19.1 Å². The predicted molar refractivity (Wildman–Crippen MR) is 64.2 cm³/mol. The van der Waals surface area contributed by atoms with Crippen LogP contribution >= 0.6 is 0 Å². The molecule has 2 amide bonds. The van der Waals surface area contributed by atoms with Crippen LogP contribution in [0.1, 0.15) is 35.7 Å². The molecule has 0 bridgehead atoms. The Hall–Kier alpha value is -1.84. The molecule has 0 spiro atoms. The van der Waals surface area contributed by atoms with E-state index in [-0.39, 0.29) is 5.91 Å². The minimum Gasteiger partial charge on any atom is -0.366 e. The molecule has 1 aromatic rings. The van der Waals surface area contributed by atoms with Crippen molar-refractivity contribution < 1.29 is 9.59 Å². The molecule has 17 heavy (non-hydrogen) atoms. The van der Waals surface area contributed by atoms with E-state index in [1.165, 1.54) is 0 Å². The van der Waals surface area contributed by atoms with Gasteiger partial charge in [-0.15, -0.1) is 0 Å². The average molecular weight is 232 g/mol. The third kappa shape index (κ3) is 2.84. The molecule has 0 atom stereocenters. The first-order chi connectivity index (χ1) is 8.08. The summed E-state index contributed by atoms with van der Waals surface area (Å²) in [6.45, 7) is 2.20. The van der Waals surface area contributed by atoms with Crippen molar-refractivity contribution in [2.45, 2.75) is 32.4 Å². The zero-order valence-electron chi connectivity index (χ0n) is 9.85. The van der Waals surface area contributed by atoms with Crippen LogP contribution in [0, 0.1) is 0 Å². The van der Waals surface area contributed by atoms with E-state index in [2.05, 4.69) is 0 Å². The van der Waals surface area contributed by atoms with Crippen LogP contribution in [0.3, 0.4) is 0 Å². The first-order valence-electron chi connectivity index (χ1n) is 5.74. The number of primary amides is 1. The summed E-state index contributed by atoms with van der Waals surface area (Å²) in [6, 6.07) is 7.49. The van der Waals surface area contributed by atoms with Gasteiger partial charge in [0, 0.05) is 25.1 Å². The van der Waals surface area contributed by atoms with E-state index in [0.717, 1.165) is 18.4 Å². The summed E-state index contributed by atoms with van der Waals surface area (Å²) < 4.78 is 0. The third-order valence-corrected chi connectivity index (χ3v) is 2.98. The number of carbonyl (C=O) groups is 2. The molecule has 90 valence electrons. The Balaban J connectivity index is 2.07. The minimum absolute atomic E-state index is 0.103. The highest BCUT2D eigenvalue weighted by molar-refractivity contribution is 5.92. The second-order valence-electron chi connectivity index (χ2n) is 4.44. The van der Waals surface area contributed by atoms with Crippen LogP contribution in [0.15, 0.2) is 24.3 Å². The predicted octanol–water partition coefficient (Wildman–Crippen LogP) is 1.30. The molecular formula is C13H16N2O2. The van der Waals surface area contributed by atoms with Crippen molar-refractivity contribution in [1.82, 2.24) is 4.90 Å². The van der Waals surface area contributed by atoms with Gasteiger partial charge < -0.3 is 10.6 Å². The number of hydrogen-bond acceptors (Lipinski definition) is 2. The lowest BCUT2D eigenvalue weighted by Gasteiger charge is -2.20. The second-order valence-corrected chi connectivity index (χ2v) is 4.44. The first-order valence-corrected chi connectivity index (χ1v) is 5.74. The number of nitrogens with zero attached hydrogens (tertiary/aromatic N) is 1. The Morgan fingerprint density at radius 3 is 2.29 bits per heavy atom. The van der Waals surface area contributed by atoms with E-state index in [1.807, 2.05) is 17.0 Å². The quantitative estimate of drug-likeness (QED) is 0.850. The normalized spacial score (nSPS) is 14.4. The fourth-order valence-electron chi connectivity index (χ4n) is 1.85. The number of carbonyl (C=O) groups excluding carboxylic acids is 2. The maximum atomic E-state index is 11.5. The summed E-state index contributed by atoms with van der Waals surface area (Å²) in [7, 11) is 0. The molecule has 4 heteroatoms. The lowest BCUT2D eigenvalue weighted by atomic mass is 10.1. The molecule has 2 rings (SSSR count). The molecule has 1 aliphatic rings. The van der Waals surface area contributed by atoms with Gasteiger partial charge in [-0.1, -0.05) is 12.1 Å². The number of amides is 2. The topological polar surface area (TPSA) is 63.4 Å². The van der Waals surface area contributed by atoms with Gasteiger partial charge in [0.1, 0.15) is 0 Å². The highest BCUT2D eigenvalue weighted by atomic mass is 16.2. The van der Waals surface area contributed by atoms with Crippen LogP contribution in [0.25, 0.3) is 0 Å². The van der Waals surface area contributed by atoms with Crippen molar-refractivity contribution >= 4 is 11.8 Å². The van der Waals surface area contributed by atoms with Gasteiger partial charge in [-0.3, -0.25) is 9.59 Å². The van der Waals surface area contributed by atoms with Gasteiger partial charge in [0.2, 0.25) is 11.8 Å². The molecule has 0 heterocycles. The first kappa shape index (κ1) is 11.6. The Morgan fingerprint density at radius 2 is 1.88 bits per heavy atom. The van der Waals surface area contributed by atoms with E-state index in [0.29, 0.717) is 18.2 Å². The zero-order chi connectivity index (χ0) is 12.4. The summed E-state index contributed by atoms with van der Waals surface area (Å²) in [5.41, 5.74) is 6.69. The van der Waals surface area contributed by atoms with E-state index in [4.69, 9.17) is 5.73 Å². The van der Waals surface area contributed by atoms with Crippen LogP contribution in [0.4, 0.5) is 0 Å². The zero-order valence-corrected chi connectivity index (χ0v) is 9.85. The van der Waals surface area contributed by atoms with Crippen LogP contribution in [-0.4, -0.2) is 22.8 Å². The van der Waals surface area contributed by atoms with Crippen molar-refractivity contribution in [2.24, 2.45) is 5.73 Å². The van der Waals surface area contributed by atoms with E-state index in [9.17, 15) is 9.59 Å². The smallest absolute Gasteiger partial charge is 0.248 e. The molecule has 1 fully saturated rings. The Kier molecular flexibility index (Phi) is 3.13. The molecular weight excluding hydrogens is 216 g/mol. The van der Waals surface area contributed by atoms with Gasteiger partial charge in [0.15, 0.2) is 0 Å². The molecule has 1 saturated carbocycles. The number of benzene rings is 1. The molecule has 0 radical (unpaired) electrons. The lowest BCUT2D eigenvalue weighted by Crippen LogP contribution is -2.30. The molecule has 0 aromatic heterocycles. The molecule has 1 aliphatic carbocycles. The molecule has 0 aliphatic heterocycles. The fourth-order valence-corrected chi connectivity index (χ4v) is 1.85. The summed E-state index contributed by atoms with van der Waals surface area (Å²) in [5.74, 6) is -0.325. The Bertz CT molecular complexity index is 435. The molecule has 2 N–H and O–H groups in total. The number of hydrogen-bond donors (Lipinski definition) is 1. The standard InChI is InChI=1S/C13H16N2O2/c1-9(16)15(12-6-7-12)8-10-2-4-11(5-3-10)13(14)17/h2-5,12H,6-8H2,1H3,(H2,14,17). The van der Waals surface area contributed by atoms with Crippen LogP contribution in [0.2, 0.25) is 0 Å². The highest BCUT2D eigenvalue weighted by Gasteiger charge is 2.30. The minimum atomic E-state index is -0.429. The van der Waals surface area contributed by atoms with Crippen molar-refractivity contribution in [3.05, 3.63) is 35.4 Å². The number of rotatable bonds is 4. The third-order valence-electron chi connectivity index (χ3n) is 2.98. The monoisotopic (exact) mass is 232 g/mol. The largest absolute Gasteiger partial charge is 0.366 e. The second kappa shape index (κ2) is 4.57. The van der Waals surface area contributed by atoms with Gasteiger partial charge in [-0.2, -0.15) is 0 Å². The van der Waals surface area contributed by atoms with Gasteiger partial charge in [0.25, 0.3) is 0 Å².